The van der Waals surface area contributed by atoms with Gasteiger partial charge >= 0.3 is 0 Å². The average molecular weight is 302 g/mol. The van der Waals surface area contributed by atoms with Crippen molar-refractivity contribution in [2.24, 2.45) is 0 Å². The largest absolute Gasteiger partial charge is 0.381 e. The molecular weight excluding hydrogens is 292 g/mol. The van der Waals surface area contributed by atoms with Crippen LogP contribution in [0.5, 0.6) is 0 Å². The van der Waals surface area contributed by atoms with E-state index in [0.717, 1.165) is 12.1 Å². The van der Waals surface area contributed by atoms with Crippen molar-refractivity contribution < 1.29 is 13.5 Å². The minimum atomic E-state index is -0.979. The van der Waals surface area contributed by atoms with Crippen molar-refractivity contribution >= 4 is 15.9 Å². The fourth-order valence-corrected chi connectivity index (χ4v) is 2.50. The molecule has 2 rings (SSSR count). The molecule has 0 N–H and O–H groups in total. The maximum absolute atomic E-state index is 14.0. The molecule has 1 heterocycles. The Kier molecular flexibility index (Phi) is 3.45. The summed E-state index contributed by atoms with van der Waals surface area (Å²) in [5.74, 6) is -1.11. The Hall–Kier alpha value is -0.990. The number of hydrogen-bond donors (Lipinski definition) is 0. The Morgan fingerprint density at radius 2 is 1.94 bits per heavy atom. The summed E-state index contributed by atoms with van der Waals surface area (Å²) in [6.45, 7) is 0.780. The summed E-state index contributed by atoms with van der Waals surface area (Å²) in [6.07, 6.45) is 0.770. The maximum Gasteiger partial charge on any atom is 0.142 e. The highest BCUT2D eigenvalue weighted by molar-refractivity contribution is 9.10. The van der Waals surface area contributed by atoms with Crippen molar-refractivity contribution in [2.45, 2.75) is 18.3 Å². The van der Waals surface area contributed by atoms with Gasteiger partial charge in [-0.2, -0.15) is 5.26 Å². The number of nitriles is 1. The van der Waals surface area contributed by atoms with Crippen LogP contribution in [0.3, 0.4) is 0 Å². The molecule has 0 saturated carbocycles. The molecule has 0 amide bonds. The summed E-state index contributed by atoms with van der Waals surface area (Å²) in [5.41, 5.74) is -0.859. The van der Waals surface area contributed by atoms with Crippen molar-refractivity contribution in [3.05, 3.63) is 33.8 Å². The molecule has 1 aromatic rings. The second-order valence-corrected chi connectivity index (χ2v) is 4.91. The summed E-state index contributed by atoms with van der Waals surface area (Å²) in [5, 5.41) is 9.29. The van der Waals surface area contributed by atoms with E-state index >= 15 is 0 Å². The van der Waals surface area contributed by atoms with E-state index in [4.69, 9.17) is 4.74 Å². The molecule has 5 heteroatoms. The number of ether oxygens (including phenoxy) is 1. The Morgan fingerprint density at radius 3 is 2.53 bits per heavy atom. The standard InChI is InChI=1S/C12H10BrF2NO/c13-10-6-8(14)5-9(11(10)15)12(7-16)1-3-17-4-2-12/h5-6H,1-4H2. The minimum Gasteiger partial charge on any atom is -0.381 e. The van der Waals surface area contributed by atoms with Crippen LogP contribution >= 0.6 is 15.9 Å². The molecule has 1 aliphatic heterocycles. The zero-order valence-corrected chi connectivity index (χ0v) is 10.6. The number of halogens is 3. The SMILES string of the molecule is N#CC1(c2cc(F)cc(Br)c2F)CCOCC1. The van der Waals surface area contributed by atoms with E-state index in [1.54, 1.807) is 0 Å². The maximum atomic E-state index is 14.0. The van der Waals surface area contributed by atoms with Crippen LogP contribution in [0.2, 0.25) is 0 Å². The van der Waals surface area contributed by atoms with Gasteiger partial charge in [0.05, 0.1) is 16.0 Å². The van der Waals surface area contributed by atoms with Gasteiger partial charge in [0.2, 0.25) is 0 Å². The van der Waals surface area contributed by atoms with Crippen molar-refractivity contribution in [2.75, 3.05) is 13.2 Å². The van der Waals surface area contributed by atoms with E-state index in [2.05, 4.69) is 22.0 Å². The van der Waals surface area contributed by atoms with Gasteiger partial charge in [-0.3, -0.25) is 0 Å². The first-order chi connectivity index (χ1) is 8.09. The van der Waals surface area contributed by atoms with Crippen LogP contribution in [0.15, 0.2) is 16.6 Å². The molecule has 0 spiro atoms. The molecule has 0 aliphatic carbocycles. The van der Waals surface area contributed by atoms with Gasteiger partial charge in [-0.15, -0.1) is 0 Å². The van der Waals surface area contributed by atoms with Crippen LogP contribution in [-0.4, -0.2) is 13.2 Å². The van der Waals surface area contributed by atoms with E-state index < -0.39 is 17.0 Å². The number of hydrogen-bond acceptors (Lipinski definition) is 2. The van der Waals surface area contributed by atoms with Crippen LogP contribution in [0.4, 0.5) is 8.78 Å². The highest BCUT2D eigenvalue weighted by Gasteiger charge is 2.37. The molecule has 1 saturated heterocycles. The summed E-state index contributed by atoms with van der Waals surface area (Å²) in [4.78, 5) is 0. The average Bonchev–Trinajstić information content (AvgIpc) is 2.34. The third kappa shape index (κ3) is 2.20. The predicted octanol–water partition coefficient (Wildman–Crippen LogP) is 3.30. The Labute approximate surface area is 106 Å². The molecule has 1 aliphatic rings. The molecule has 90 valence electrons. The van der Waals surface area contributed by atoms with Crippen LogP contribution in [0.25, 0.3) is 0 Å². The summed E-state index contributed by atoms with van der Waals surface area (Å²) < 4.78 is 32.5. The summed E-state index contributed by atoms with van der Waals surface area (Å²) >= 11 is 2.96. The van der Waals surface area contributed by atoms with E-state index in [0.29, 0.717) is 26.1 Å². The summed E-state index contributed by atoms with van der Waals surface area (Å²) in [6, 6.07) is 4.29. The van der Waals surface area contributed by atoms with Gasteiger partial charge in [0, 0.05) is 18.8 Å². The lowest BCUT2D eigenvalue weighted by Gasteiger charge is -2.31. The van der Waals surface area contributed by atoms with E-state index in [1.165, 1.54) is 0 Å². The predicted molar refractivity (Wildman–Crippen MR) is 61.4 cm³/mol. The van der Waals surface area contributed by atoms with E-state index in [9.17, 15) is 14.0 Å². The second-order valence-electron chi connectivity index (χ2n) is 4.06. The zero-order chi connectivity index (χ0) is 12.5. The minimum absolute atomic E-state index is 0.0496. The number of rotatable bonds is 1. The van der Waals surface area contributed by atoms with Crippen LogP contribution < -0.4 is 0 Å². The number of benzene rings is 1. The third-order valence-corrected chi connectivity index (χ3v) is 3.65. The Balaban J connectivity index is 2.54. The Bertz CT molecular complexity index is 478. The lowest BCUT2D eigenvalue weighted by Crippen LogP contribution is -2.33. The van der Waals surface area contributed by atoms with Crippen molar-refractivity contribution in [3.8, 4) is 6.07 Å². The van der Waals surface area contributed by atoms with Gasteiger partial charge in [-0.05, 0) is 40.9 Å². The monoisotopic (exact) mass is 301 g/mol. The van der Waals surface area contributed by atoms with Gasteiger partial charge in [0.25, 0.3) is 0 Å². The van der Waals surface area contributed by atoms with E-state index in [-0.39, 0.29) is 10.0 Å². The molecule has 0 unspecified atom stereocenters. The summed E-state index contributed by atoms with van der Waals surface area (Å²) in [7, 11) is 0. The molecule has 17 heavy (non-hydrogen) atoms. The third-order valence-electron chi connectivity index (χ3n) is 3.07. The van der Waals surface area contributed by atoms with Gasteiger partial charge in [0.15, 0.2) is 0 Å². The fourth-order valence-electron chi connectivity index (χ4n) is 2.07. The van der Waals surface area contributed by atoms with Gasteiger partial charge < -0.3 is 4.74 Å². The van der Waals surface area contributed by atoms with Crippen LogP contribution in [0, 0.1) is 23.0 Å². The molecular formula is C12H10BrF2NO. The molecule has 1 aromatic carbocycles. The highest BCUT2D eigenvalue weighted by atomic mass is 79.9. The lowest BCUT2D eigenvalue weighted by molar-refractivity contribution is 0.0664. The topological polar surface area (TPSA) is 33.0 Å². The van der Waals surface area contributed by atoms with Crippen molar-refractivity contribution in [1.82, 2.24) is 0 Å². The molecule has 0 atom stereocenters. The van der Waals surface area contributed by atoms with Gasteiger partial charge in [0.1, 0.15) is 11.6 Å². The quantitative estimate of drug-likeness (QED) is 0.746. The fraction of sp³-hybridized carbons (Fsp3) is 0.417. The first-order valence-corrected chi connectivity index (χ1v) is 6.02. The molecule has 1 fully saturated rings. The molecule has 0 radical (unpaired) electrons. The first-order valence-electron chi connectivity index (χ1n) is 5.23. The molecule has 2 nitrogen and oxygen atoms in total. The lowest BCUT2D eigenvalue weighted by atomic mass is 9.75. The molecule has 0 aromatic heterocycles. The second kappa shape index (κ2) is 4.71. The number of nitrogens with zero attached hydrogens (tertiary/aromatic N) is 1. The van der Waals surface area contributed by atoms with Crippen LogP contribution in [0.1, 0.15) is 18.4 Å². The van der Waals surface area contributed by atoms with Crippen molar-refractivity contribution in [1.29, 1.82) is 5.26 Å². The molecule has 0 bridgehead atoms. The van der Waals surface area contributed by atoms with Gasteiger partial charge in [-0.1, -0.05) is 0 Å². The van der Waals surface area contributed by atoms with Gasteiger partial charge in [-0.25, -0.2) is 8.78 Å². The van der Waals surface area contributed by atoms with Crippen LogP contribution in [-0.2, 0) is 10.2 Å². The Morgan fingerprint density at radius 1 is 1.29 bits per heavy atom. The highest BCUT2D eigenvalue weighted by Crippen LogP contribution is 2.38. The first kappa shape index (κ1) is 12.5. The van der Waals surface area contributed by atoms with Crippen molar-refractivity contribution in [3.63, 3.8) is 0 Å². The van der Waals surface area contributed by atoms with E-state index in [1.807, 2.05) is 0 Å². The normalized spacial score (nSPS) is 18.7. The zero-order valence-electron chi connectivity index (χ0n) is 8.97. The smallest absolute Gasteiger partial charge is 0.142 e.